The highest BCUT2D eigenvalue weighted by Crippen LogP contribution is 2.08. The van der Waals surface area contributed by atoms with Crippen LogP contribution in [0.5, 0.6) is 0 Å². The molecule has 0 radical (unpaired) electrons. The van der Waals surface area contributed by atoms with Crippen molar-refractivity contribution < 1.29 is 4.79 Å². The van der Waals surface area contributed by atoms with Gasteiger partial charge in [0.1, 0.15) is 0 Å². The Morgan fingerprint density at radius 3 is 3.07 bits per heavy atom. The maximum absolute atomic E-state index is 11.7. The van der Waals surface area contributed by atoms with E-state index in [4.69, 9.17) is 12.2 Å². The van der Waals surface area contributed by atoms with Crippen molar-refractivity contribution in [3.63, 3.8) is 0 Å². The standard InChI is InChI=1S/C11H12N2O/c1-3-4-10(12)11(14)9-7-13-6-5-8(9)2/h1,5-7,10H,4,12H2,2H3. The largest absolute Gasteiger partial charge is 0.320 e. The zero-order valence-corrected chi connectivity index (χ0v) is 8.03. The fourth-order valence-electron chi connectivity index (χ4n) is 1.14. The SMILES string of the molecule is C#CCC(N)C(=O)c1cnccc1C. The molecule has 0 saturated carbocycles. The van der Waals surface area contributed by atoms with Crippen LogP contribution in [-0.4, -0.2) is 16.8 Å². The van der Waals surface area contributed by atoms with Crippen LogP contribution in [0.1, 0.15) is 22.3 Å². The van der Waals surface area contributed by atoms with Crippen LogP contribution in [0.15, 0.2) is 18.5 Å². The third-order valence-corrected chi connectivity index (χ3v) is 1.98. The fourth-order valence-corrected chi connectivity index (χ4v) is 1.14. The molecule has 0 aliphatic rings. The highest BCUT2D eigenvalue weighted by molar-refractivity contribution is 6.01. The second kappa shape index (κ2) is 4.54. The average molecular weight is 188 g/mol. The van der Waals surface area contributed by atoms with Crippen LogP contribution in [0, 0.1) is 19.3 Å². The van der Waals surface area contributed by atoms with Crippen molar-refractivity contribution in [2.75, 3.05) is 0 Å². The predicted molar refractivity (Wildman–Crippen MR) is 54.7 cm³/mol. The lowest BCUT2D eigenvalue weighted by molar-refractivity contribution is 0.0962. The van der Waals surface area contributed by atoms with Gasteiger partial charge in [0.15, 0.2) is 5.78 Å². The molecule has 0 bridgehead atoms. The molecule has 14 heavy (non-hydrogen) atoms. The highest BCUT2D eigenvalue weighted by atomic mass is 16.1. The van der Waals surface area contributed by atoms with Gasteiger partial charge in [-0.15, -0.1) is 12.3 Å². The second-order valence-electron chi connectivity index (χ2n) is 3.07. The van der Waals surface area contributed by atoms with Crippen molar-refractivity contribution in [2.24, 2.45) is 5.73 Å². The Labute approximate surface area is 83.3 Å². The van der Waals surface area contributed by atoms with E-state index in [1.807, 2.05) is 6.92 Å². The molecule has 1 aromatic rings. The molecule has 1 aromatic heterocycles. The maximum Gasteiger partial charge on any atom is 0.182 e. The molecule has 3 nitrogen and oxygen atoms in total. The van der Waals surface area contributed by atoms with Crippen LogP contribution in [-0.2, 0) is 0 Å². The van der Waals surface area contributed by atoms with E-state index in [9.17, 15) is 4.79 Å². The van der Waals surface area contributed by atoms with Gasteiger partial charge in [0.25, 0.3) is 0 Å². The van der Waals surface area contributed by atoms with Crippen molar-refractivity contribution in [3.8, 4) is 12.3 Å². The topological polar surface area (TPSA) is 56.0 Å². The van der Waals surface area contributed by atoms with Crippen LogP contribution in [0.2, 0.25) is 0 Å². The quantitative estimate of drug-likeness (QED) is 0.567. The summed E-state index contributed by atoms with van der Waals surface area (Å²) in [6, 6.07) is 1.15. The first-order chi connectivity index (χ1) is 6.66. The summed E-state index contributed by atoms with van der Waals surface area (Å²) in [7, 11) is 0. The van der Waals surface area contributed by atoms with E-state index in [1.54, 1.807) is 12.3 Å². The Bertz CT molecular complexity index is 379. The average Bonchev–Trinajstić information content (AvgIpc) is 2.18. The molecule has 72 valence electrons. The van der Waals surface area contributed by atoms with Crippen molar-refractivity contribution >= 4 is 5.78 Å². The Morgan fingerprint density at radius 2 is 2.50 bits per heavy atom. The molecule has 1 atom stereocenters. The summed E-state index contributed by atoms with van der Waals surface area (Å²) in [5.74, 6) is 2.23. The molecule has 1 heterocycles. The molecule has 1 rings (SSSR count). The number of hydrogen-bond donors (Lipinski definition) is 1. The van der Waals surface area contributed by atoms with Crippen LogP contribution in [0.3, 0.4) is 0 Å². The summed E-state index contributed by atoms with van der Waals surface area (Å²) in [4.78, 5) is 15.6. The van der Waals surface area contributed by atoms with Crippen LogP contribution < -0.4 is 5.73 Å². The number of carbonyl (C=O) groups excluding carboxylic acids is 1. The normalized spacial score (nSPS) is 11.8. The number of carbonyl (C=O) groups is 1. The number of ketones is 1. The van der Waals surface area contributed by atoms with Gasteiger partial charge in [-0.3, -0.25) is 9.78 Å². The van der Waals surface area contributed by atoms with Crippen molar-refractivity contribution in [3.05, 3.63) is 29.6 Å². The van der Waals surface area contributed by atoms with E-state index in [0.29, 0.717) is 5.56 Å². The van der Waals surface area contributed by atoms with Crippen molar-refractivity contribution in [1.82, 2.24) is 4.98 Å². The number of pyridine rings is 1. The van der Waals surface area contributed by atoms with Gasteiger partial charge >= 0.3 is 0 Å². The summed E-state index contributed by atoms with van der Waals surface area (Å²) < 4.78 is 0. The number of Topliss-reactive ketones (excluding diaryl/α,β-unsaturated/α-hetero) is 1. The molecular formula is C11H12N2O. The first-order valence-corrected chi connectivity index (χ1v) is 4.30. The smallest absolute Gasteiger partial charge is 0.182 e. The van der Waals surface area contributed by atoms with Crippen molar-refractivity contribution in [2.45, 2.75) is 19.4 Å². The number of aryl methyl sites for hydroxylation is 1. The van der Waals surface area contributed by atoms with E-state index >= 15 is 0 Å². The lowest BCUT2D eigenvalue weighted by Crippen LogP contribution is -2.30. The van der Waals surface area contributed by atoms with E-state index < -0.39 is 6.04 Å². The molecule has 1 unspecified atom stereocenters. The molecule has 0 saturated heterocycles. The van der Waals surface area contributed by atoms with Gasteiger partial charge in [0.05, 0.1) is 6.04 Å². The van der Waals surface area contributed by atoms with Gasteiger partial charge in [-0.25, -0.2) is 0 Å². The first kappa shape index (κ1) is 10.4. The Balaban J connectivity index is 2.91. The number of terminal acetylenes is 1. The minimum absolute atomic E-state index is 0.145. The Morgan fingerprint density at radius 1 is 1.79 bits per heavy atom. The van der Waals surface area contributed by atoms with Gasteiger partial charge in [-0.2, -0.15) is 0 Å². The summed E-state index contributed by atoms with van der Waals surface area (Å²) >= 11 is 0. The summed E-state index contributed by atoms with van der Waals surface area (Å²) in [5.41, 5.74) is 7.03. The van der Waals surface area contributed by atoms with Crippen LogP contribution >= 0.6 is 0 Å². The van der Waals surface area contributed by atoms with Gasteiger partial charge in [0.2, 0.25) is 0 Å². The molecule has 0 aliphatic carbocycles. The highest BCUT2D eigenvalue weighted by Gasteiger charge is 2.16. The second-order valence-corrected chi connectivity index (χ2v) is 3.07. The monoisotopic (exact) mass is 188 g/mol. The lowest BCUT2D eigenvalue weighted by Gasteiger charge is -2.08. The first-order valence-electron chi connectivity index (χ1n) is 4.30. The zero-order chi connectivity index (χ0) is 10.6. The summed E-state index contributed by atoms with van der Waals surface area (Å²) in [5, 5.41) is 0. The van der Waals surface area contributed by atoms with Gasteiger partial charge < -0.3 is 5.73 Å². The number of nitrogens with two attached hydrogens (primary N) is 1. The molecule has 2 N–H and O–H groups in total. The lowest BCUT2D eigenvalue weighted by atomic mass is 10.0. The minimum atomic E-state index is -0.622. The molecule has 0 amide bonds. The predicted octanol–water partition coefficient (Wildman–Crippen LogP) is 0.923. The summed E-state index contributed by atoms with van der Waals surface area (Å²) in [6.07, 6.45) is 8.50. The molecule has 0 spiro atoms. The molecule has 0 aromatic carbocycles. The molecule has 0 fully saturated rings. The fraction of sp³-hybridized carbons (Fsp3) is 0.273. The Kier molecular flexibility index (Phi) is 3.38. The molecular weight excluding hydrogens is 176 g/mol. The van der Waals surface area contributed by atoms with E-state index in [2.05, 4.69) is 10.9 Å². The van der Waals surface area contributed by atoms with Gasteiger partial charge in [0, 0.05) is 24.4 Å². The zero-order valence-electron chi connectivity index (χ0n) is 8.03. The van der Waals surface area contributed by atoms with Gasteiger partial charge in [-0.05, 0) is 18.6 Å². The number of hydrogen-bond acceptors (Lipinski definition) is 3. The third kappa shape index (κ3) is 2.18. The molecule has 0 aliphatic heterocycles. The third-order valence-electron chi connectivity index (χ3n) is 1.98. The van der Waals surface area contributed by atoms with E-state index in [0.717, 1.165) is 5.56 Å². The summed E-state index contributed by atoms with van der Waals surface area (Å²) in [6.45, 7) is 1.84. The number of nitrogens with zero attached hydrogens (tertiary/aromatic N) is 1. The van der Waals surface area contributed by atoms with E-state index in [1.165, 1.54) is 6.20 Å². The van der Waals surface area contributed by atoms with E-state index in [-0.39, 0.29) is 12.2 Å². The minimum Gasteiger partial charge on any atom is -0.320 e. The number of rotatable bonds is 3. The Hall–Kier alpha value is -1.66. The van der Waals surface area contributed by atoms with Crippen molar-refractivity contribution in [1.29, 1.82) is 0 Å². The van der Waals surface area contributed by atoms with Crippen LogP contribution in [0.25, 0.3) is 0 Å². The molecule has 3 heteroatoms. The number of aromatic nitrogens is 1. The van der Waals surface area contributed by atoms with Crippen LogP contribution in [0.4, 0.5) is 0 Å². The maximum atomic E-state index is 11.7. The van der Waals surface area contributed by atoms with Gasteiger partial charge in [-0.1, -0.05) is 0 Å².